The van der Waals surface area contributed by atoms with Gasteiger partial charge < -0.3 is 72.5 Å². The molecule has 3 aliphatic rings. The molecule has 2 saturated heterocycles. The van der Waals surface area contributed by atoms with Crippen molar-refractivity contribution in [2.75, 3.05) is 13.2 Å². The summed E-state index contributed by atoms with van der Waals surface area (Å²) >= 11 is 0. The van der Waals surface area contributed by atoms with Gasteiger partial charge in [0.25, 0.3) is 0 Å². The molecule has 0 aromatic heterocycles. The van der Waals surface area contributed by atoms with Crippen LogP contribution in [0.1, 0.15) is 6.42 Å². The summed E-state index contributed by atoms with van der Waals surface area (Å²) in [6.45, 7) is -0.673. The number of rotatable bonds is 6. The minimum Gasteiger partial charge on any atom is -0.394 e. The Balaban J connectivity index is 1.78. The fraction of sp³-hybridized carbons (Fsp3) is 1.00. The number of nitrogens with two attached hydrogens (primary N) is 4. The Labute approximate surface area is 178 Å². The van der Waals surface area contributed by atoms with Crippen LogP contribution < -0.4 is 22.9 Å². The lowest BCUT2D eigenvalue weighted by Crippen LogP contribution is -2.68. The number of aliphatic hydroxyl groups is 6. The monoisotopic (exact) mass is 454 g/mol. The van der Waals surface area contributed by atoms with Crippen LogP contribution in [0.3, 0.4) is 0 Å². The van der Waals surface area contributed by atoms with Crippen LogP contribution in [0.5, 0.6) is 0 Å². The molecule has 0 aromatic carbocycles. The smallest absolute Gasteiger partial charge is 0.187 e. The largest absolute Gasteiger partial charge is 0.394 e. The van der Waals surface area contributed by atoms with E-state index >= 15 is 0 Å². The molecule has 0 spiro atoms. The maximum atomic E-state index is 10.6. The van der Waals surface area contributed by atoms with Gasteiger partial charge in [0.1, 0.15) is 48.8 Å². The van der Waals surface area contributed by atoms with E-state index in [1.165, 1.54) is 0 Å². The summed E-state index contributed by atoms with van der Waals surface area (Å²) < 4.78 is 22.5. The van der Waals surface area contributed by atoms with E-state index in [0.29, 0.717) is 0 Å². The van der Waals surface area contributed by atoms with E-state index in [-0.39, 0.29) is 13.0 Å². The van der Waals surface area contributed by atoms with Crippen molar-refractivity contribution in [2.45, 2.75) is 92.1 Å². The molecule has 0 bridgehead atoms. The van der Waals surface area contributed by atoms with E-state index < -0.39 is 92.2 Å². The molecular weight excluding hydrogens is 420 g/mol. The molecule has 3 fully saturated rings. The highest BCUT2D eigenvalue weighted by Gasteiger charge is 2.52. The lowest BCUT2D eigenvalue weighted by atomic mass is 9.84. The molecular formula is C17H34N4O10. The zero-order valence-corrected chi connectivity index (χ0v) is 16.8. The van der Waals surface area contributed by atoms with Gasteiger partial charge >= 0.3 is 0 Å². The molecule has 14 heteroatoms. The summed E-state index contributed by atoms with van der Waals surface area (Å²) in [6, 6.07) is -2.72. The van der Waals surface area contributed by atoms with Crippen molar-refractivity contribution in [3.05, 3.63) is 0 Å². The minimum absolute atomic E-state index is 0.114. The molecule has 182 valence electrons. The first-order valence-corrected chi connectivity index (χ1v) is 10.2. The van der Waals surface area contributed by atoms with E-state index in [1.807, 2.05) is 0 Å². The van der Waals surface area contributed by atoms with E-state index in [2.05, 4.69) is 0 Å². The highest BCUT2D eigenvalue weighted by molar-refractivity contribution is 5.01. The molecule has 2 aliphatic heterocycles. The van der Waals surface area contributed by atoms with Crippen LogP contribution in [-0.2, 0) is 18.9 Å². The predicted molar refractivity (Wildman–Crippen MR) is 102 cm³/mol. The second-order valence-corrected chi connectivity index (χ2v) is 8.30. The fourth-order valence-electron chi connectivity index (χ4n) is 4.16. The van der Waals surface area contributed by atoms with Gasteiger partial charge in [-0.2, -0.15) is 0 Å². The van der Waals surface area contributed by atoms with Crippen LogP contribution in [0, 0.1) is 0 Å². The van der Waals surface area contributed by atoms with Gasteiger partial charge in [0.05, 0.1) is 18.8 Å². The van der Waals surface area contributed by atoms with Crippen LogP contribution in [-0.4, -0.2) is 129 Å². The summed E-state index contributed by atoms with van der Waals surface area (Å²) in [4.78, 5) is 0. The van der Waals surface area contributed by atoms with Crippen LogP contribution in [0.4, 0.5) is 0 Å². The average Bonchev–Trinajstić information content (AvgIpc) is 3.02. The summed E-state index contributed by atoms with van der Waals surface area (Å²) in [5.41, 5.74) is 23.6. The van der Waals surface area contributed by atoms with Gasteiger partial charge in [-0.1, -0.05) is 0 Å². The maximum absolute atomic E-state index is 10.6. The second-order valence-electron chi connectivity index (χ2n) is 8.30. The molecule has 0 amide bonds. The molecule has 1 aliphatic carbocycles. The summed E-state index contributed by atoms with van der Waals surface area (Å²) in [7, 11) is 0. The fourth-order valence-corrected chi connectivity index (χ4v) is 4.16. The topological polar surface area (TPSA) is 262 Å². The molecule has 1 saturated carbocycles. The molecule has 0 unspecified atom stereocenters. The van der Waals surface area contributed by atoms with Gasteiger partial charge in [-0.25, -0.2) is 0 Å². The molecule has 14 nitrogen and oxygen atoms in total. The van der Waals surface area contributed by atoms with Crippen molar-refractivity contribution < 1.29 is 49.6 Å². The molecule has 14 N–H and O–H groups in total. The molecule has 0 radical (unpaired) electrons. The Bertz CT molecular complexity index is 591. The highest BCUT2D eigenvalue weighted by Crippen LogP contribution is 2.31. The van der Waals surface area contributed by atoms with Crippen molar-refractivity contribution in [2.24, 2.45) is 22.9 Å². The zero-order valence-electron chi connectivity index (χ0n) is 16.8. The third-order valence-corrected chi connectivity index (χ3v) is 6.13. The SMILES string of the molecule is NC[C@H]1O[C@H](O[C@H]2[C@H](O[C@@H]3O[C@H](CO)[C@H](O)[C@@H]3O)[C@@H](O)[C@H](N)C[C@@H]2N)[C@H](N)[C@@H](O)[C@@H]1O. The first kappa shape index (κ1) is 25.1. The molecule has 14 atom stereocenters. The lowest BCUT2D eigenvalue weighted by molar-refractivity contribution is -0.306. The van der Waals surface area contributed by atoms with E-state index in [1.54, 1.807) is 0 Å². The third-order valence-electron chi connectivity index (χ3n) is 6.13. The Morgan fingerprint density at radius 1 is 0.710 bits per heavy atom. The van der Waals surface area contributed by atoms with Gasteiger partial charge in [0.2, 0.25) is 0 Å². The Hall–Kier alpha value is -0.560. The molecule has 2 heterocycles. The molecule has 31 heavy (non-hydrogen) atoms. The number of hydrogen-bond donors (Lipinski definition) is 10. The molecule has 0 aromatic rings. The van der Waals surface area contributed by atoms with E-state index in [9.17, 15) is 30.6 Å². The van der Waals surface area contributed by atoms with Crippen LogP contribution in [0.15, 0.2) is 0 Å². The quantitative estimate of drug-likeness (QED) is 0.179. The van der Waals surface area contributed by atoms with Gasteiger partial charge in [-0.05, 0) is 6.42 Å². The standard InChI is InChI=1S/C17H34N4O10/c18-2-6-10(24)12(26)8(21)16(28-6)30-14-5(20)1-4(19)9(23)15(14)31-17-13(27)11(25)7(3-22)29-17/h4-17,22-27H,1-3,18-21H2/t4-,5+,6-,7-,8-,9+,10-,11+,12-,13+,14-,15-,16-,17+/m1/s1. The van der Waals surface area contributed by atoms with Crippen molar-refractivity contribution in [3.63, 3.8) is 0 Å². The van der Waals surface area contributed by atoms with Crippen molar-refractivity contribution in [1.82, 2.24) is 0 Å². The van der Waals surface area contributed by atoms with Crippen LogP contribution >= 0.6 is 0 Å². The van der Waals surface area contributed by atoms with Crippen LogP contribution in [0.25, 0.3) is 0 Å². The first-order chi connectivity index (χ1) is 14.6. The highest BCUT2D eigenvalue weighted by atomic mass is 16.7. The van der Waals surface area contributed by atoms with Gasteiger partial charge in [-0.15, -0.1) is 0 Å². The third kappa shape index (κ3) is 4.87. The predicted octanol–water partition coefficient (Wildman–Crippen LogP) is -6.65. The normalized spacial score (nSPS) is 53.6. The maximum Gasteiger partial charge on any atom is 0.187 e. The first-order valence-electron chi connectivity index (χ1n) is 10.2. The average molecular weight is 454 g/mol. The van der Waals surface area contributed by atoms with Crippen molar-refractivity contribution in [3.8, 4) is 0 Å². The lowest BCUT2D eigenvalue weighted by Gasteiger charge is -2.47. The van der Waals surface area contributed by atoms with E-state index in [4.69, 9.17) is 41.9 Å². The summed E-state index contributed by atoms with van der Waals surface area (Å²) in [6.07, 6.45) is -13.8. The van der Waals surface area contributed by atoms with Crippen molar-refractivity contribution in [1.29, 1.82) is 0 Å². The van der Waals surface area contributed by atoms with Gasteiger partial charge in [0, 0.05) is 18.6 Å². The minimum atomic E-state index is -1.51. The molecule has 3 rings (SSSR count). The number of ether oxygens (including phenoxy) is 4. The zero-order chi connectivity index (χ0) is 23.0. The summed E-state index contributed by atoms with van der Waals surface area (Å²) in [5, 5.41) is 60.2. The Morgan fingerprint density at radius 2 is 1.29 bits per heavy atom. The van der Waals surface area contributed by atoms with Gasteiger partial charge in [-0.3, -0.25) is 0 Å². The van der Waals surface area contributed by atoms with Crippen LogP contribution in [0.2, 0.25) is 0 Å². The second kappa shape index (κ2) is 10.1. The van der Waals surface area contributed by atoms with E-state index in [0.717, 1.165) is 0 Å². The summed E-state index contributed by atoms with van der Waals surface area (Å²) in [5.74, 6) is 0. The number of hydrogen-bond acceptors (Lipinski definition) is 14. The Morgan fingerprint density at radius 3 is 1.87 bits per heavy atom. The Kier molecular flexibility index (Phi) is 8.21. The van der Waals surface area contributed by atoms with Gasteiger partial charge in [0.15, 0.2) is 12.6 Å². The number of aliphatic hydroxyl groups excluding tert-OH is 6. The van der Waals surface area contributed by atoms with Crippen molar-refractivity contribution >= 4 is 0 Å².